The lowest BCUT2D eigenvalue weighted by Gasteiger charge is -2.03. The van der Waals surface area contributed by atoms with Gasteiger partial charge in [0.05, 0.1) is 12.0 Å². The van der Waals surface area contributed by atoms with E-state index < -0.39 is 0 Å². The molecule has 122 valence electrons. The highest BCUT2D eigenvalue weighted by molar-refractivity contribution is 5.72. The number of hydrogen-bond acceptors (Lipinski definition) is 6. The summed E-state index contributed by atoms with van der Waals surface area (Å²) < 4.78 is 3.35. The van der Waals surface area contributed by atoms with E-state index in [1.807, 2.05) is 32.4 Å². The van der Waals surface area contributed by atoms with Crippen LogP contribution in [-0.2, 0) is 14.1 Å². The van der Waals surface area contributed by atoms with E-state index in [-0.39, 0.29) is 5.69 Å². The second kappa shape index (κ2) is 6.55. The fourth-order valence-electron chi connectivity index (χ4n) is 2.21. The van der Waals surface area contributed by atoms with Crippen LogP contribution in [0.5, 0.6) is 0 Å². The van der Waals surface area contributed by atoms with Crippen LogP contribution in [0.3, 0.4) is 0 Å². The smallest absolute Gasteiger partial charge is 0.349 e. The van der Waals surface area contributed by atoms with E-state index in [1.165, 1.54) is 4.57 Å². The highest BCUT2D eigenvalue weighted by Gasteiger charge is 2.05. The van der Waals surface area contributed by atoms with Gasteiger partial charge in [-0.2, -0.15) is 4.98 Å². The van der Waals surface area contributed by atoms with Crippen LogP contribution in [0.4, 0.5) is 5.82 Å². The standard InChI is InChI=1S/C8H10N4.C7H11N3O/c1-5-7-8(11-6(2)10-5)12(3)4-9-7;1-5-4-10(3)7(11)9-6(5)8-2/h4H,1-3H3;4H,1-3H3,(H,8,9,11). The second-order valence-corrected chi connectivity index (χ2v) is 5.30. The molecule has 0 aliphatic rings. The largest absolute Gasteiger partial charge is 0.373 e. The van der Waals surface area contributed by atoms with E-state index in [1.54, 1.807) is 26.6 Å². The minimum Gasteiger partial charge on any atom is -0.373 e. The summed E-state index contributed by atoms with van der Waals surface area (Å²) in [4.78, 5) is 27.5. The van der Waals surface area contributed by atoms with E-state index in [4.69, 9.17) is 0 Å². The molecule has 3 aromatic rings. The molecule has 0 fully saturated rings. The first-order chi connectivity index (χ1) is 10.8. The Morgan fingerprint density at radius 1 is 1.04 bits per heavy atom. The van der Waals surface area contributed by atoms with Crippen LogP contribution in [-0.4, -0.2) is 36.1 Å². The molecule has 23 heavy (non-hydrogen) atoms. The van der Waals surface area contributed by atoms with Crippen molar-refractivity contribution in [2.75, 3.05) is 12.4 Å². The van der Waals surface area contributed by atoms with Gasteiger partial charge in [-0.3, -0.25) is 0 Å². The van der Waals surface area contributed by atoms with Crippen molar-refractivity contribution in [2.24, 2.45) is 14.1 Å². The molecule has 0 saturated heterocycles. The summed E-state index contributed by atoms with van der Waals surface area (Å²) in [5, 5.41) is 2.84. The summed E-state index contributed by atoms with van der Waals surface area (Å²) in [5.74, 6) is 1.44. The quantitative estimate of drug-likeness (QED) is 0.723. The van der Waals surface area contributed by atoms with Crippen LogP contribution in [0, 0.1) is 20.8 Å². The molecule has 0 unspecified atom stereocenters. The van der Waals surface area contributed by atoms with E-state index in [2.05, 4.69) is 25.3 Å². The molecule has 0 aliphatic heterocycles. The summed E-state index contributed by atoms with van der Waals surface area (Å²) >= 11 is 0. The number of hydrogen-bond donors (Lipinski definition) is 1. The second-order valence-electron chi connectivity index (χ2n) is 5.30. The van der Waals surface area contributed by atoms with Crippen LogP contribution in [0.1, 0.15) is 17.1 Å². The molecule has 0 bridgehead atoms. The van der Waals surface area contributed by atoms with Gasteiger partial charge in [0, 0.05) is 32.9 Å². The molecule has 1 N–H and O–H groups in total. The Balaban J connectivity index is 0.000000168. The molecular weight excluding hydrogens is 294 g/mol. The van der Waals surface area contributed by atoms with E-state index >= 15 is 0 Å². The maximum Gasteiger partial charge on any atom is 0.349 e. The Morgan fingerprint density at radius 3 is 2.39 bits per heavy atom. The highest BCUT2D eigenvalue weighted by atomic mass is 16.1. The van der Waals surface area contributed by atoms with E-state index in [0.717, 1.165) is 28.2 Å². The zero-order valence-electron chi connectivity index (χ0n) is 14.2. The first-order valence-electron chi connectivity index (χ1n) is 7.17. The number of rotatable bonds is 1. The minimum atomic E-state index is -0.236. The summed E-state index contributed by atoms with van der Waals surface area (Å²) in [6.07, 6.45) is 3.51. The molecule has 0 spiro atoms. The van der Waals surface area contributed by atoms with Crippen molar-refractivity contribution in [3.8, 4) is 0 Å². The van der Waals surface area contributed by atoms with Crippen LogP contribution in [0.15, 0.2) is 17.3 Å². The molecular formula is C15H21N7O. The molecule has 0 aliphatic carbocycles. The topological polar surface area (TPSA) is 90.5 Å². The van der Waals surface area contributed by atoms with Crippen LogP contribution < -0.4 is 11.0 Å². The van der Waals surface area contributed by atoms with Gasteiger partial charge in [-0.25, -0.2) is 19.7 Å². The van der Waals surface area contributed by atoms with Gasteiger partial charge in [-0.1, -0.05) is 0 Å². The average molecular weight is 315 g/mol. The Kier molecular flexibility index (Phi) is 4.73. The maximum absolute atomic E-state index is 11.0. The van der Waals surface area contributed by atoms with Crippen molar-refractivity contribution >= 4 is 17.0 Å². The zero-order chi connectivity index (χ0) is 17.1. The number of aryl methyl sites for hydroxylation is 5. The summed E-state index contributed by atoms with van der Waals surface area (Å²) in [7, 11) is 5.36. The fourth-order valence-corrected chi connectivity index (χ4v) is 2.21. The number of nitrogens with one attached hydrogen (secondary N) is 1. The molecule has 0 atom stereocenters. The Bertz CT molecular complexity index is 895. The minimum absolute atomic E-state index is 0.236. The van der Waals surface area contributed by atoms with Crippen molar-refractivity contribution in [3.63, 3.8) is 0 Å². The fraction of sp³-hybridized carbons (Fsp3) is 0.400. The van der Waals surface area contributed by atoms with Gasteiger partial charge in [-0.05, 0) is 20.8 Å². The van der Waals surface area contributed by atoms with Gasteiger partial charge in [0.1, 0.15) is 17.2 Å². The van der Waals surface area contributed by atoms with Crippen molar-refractivity contribution < 1.29 is 0 Å². The third-order valence-electron chi connectivity index (χ3n) is 3.35. The van der Waals surface area contributed by atoms with Crippen LogP contribution >= 0.6 is 0 Å². The zero-order valence-corrected chi connectivity index (χ0v) is 14.2. The van der Waals surface area contributed by atoms with Gasteiger partial charge in [0.2, 0.25) is 0 Å². The maximum atomic E-state index is 11.0. The van der Waals surface area contributed by atoms with Crippen molar-refractivity contribution in [2.45, 2.75) is 20.8 Å². The number of aromatic nitrogens is 6. The summed E-state index contributed by atoms with van der Waals surface area (Å²) in [6, 6.07) is 0. The molecule has 0 amide bonds. The third kappa shape index (κ3) is 3.53. The highest BCUT2D eigenvalue weighted by Crippen LogP contribution is 2.11. The number of anilines is 1. The molecule has 0 radical (unpaired) electrons. The molecule has 3 rings (SSSR count). The summed E-state index contributed by atoms with van der Waals surface area (Å²) in [5.41, 5.74) is 3.47. The molecule has 3 aromatic heterocycles. The summed E-state index contributed by atoms with van der Waals surface area (Å²) in [6.45, 7) is 5.74. The number of nitrogens with zero attached hydrogens (tertiary/aromatic N) is 6. The average Bonchev–Trinajstić information content (AvgIpc) is 2.85. The normalized spacial score (nSPS) is 10.3. The molecule has 0 aromatic carbocycles. The Hall–Kier alpha value is -2.77. The molecule has 0 saturated carbocycles. The lowest BCUT2D eigenvalue weighted by molar-refractivity contribution is 0.803. The van der Waals surface area contributed by atoms with Crippen molar-refractivity contribution in [3.05, 3.63) is 40.1 Å². The predicted octanol–water partition coefficient (Wildman–Crippen LogP) is 1.11. The molecule has 3 heterocycles. The lowest BCUT2D eigenvalue weighted by Crippen LogP contribution is -2.21. The lowest BCUT2D eigenvalue weighted by atomic mass is 10.3. The predicted molar refractivity (Wildman–Crippen MR) is 89.5 cm³/mol. The van der Waals surface area contributed by atoms with Crippen molar-refractivity contribution in [1.29, 1.82) is 0 Å². The van der Waals surface area contributed by atoms with E-state index in [9.17, 15) is 4.79 Å². The Labute approximate surface area is 134 Å². The van der Waals surface area contributed by atoms with Crippen LogP contribution in [0.2, 0.25) is 0 Å². The monoisotopic (exact) mass is 315 g/mol. The molecule has 8 heteroatoms. The first-order valence-corrected chi connectivity index (χ1v) is 7.17. The van der Waals surface area contributed by atoms with Crippen molar-refractivity contribution in [1.82, 2.24) is 29.1 Å². The first kappa shape index (κ1) is 16.6. The van der Waals surface area contributed by atoms with Gasteiger partial charge < -0.3 is 14.5 Å². The molecule has 8 nitrogen and oxygen atoms in total. The van der Waals surface area contributed by atoms with Crippen LogP contribution in [0.25, 0.3) is 11.2 Å². The number of imidazole rings is 1. The van der Waals surface area contributed by atoms with E-state index in [0.29, 0.717) is 5.82 Å². The number of fused-ring (bicyclic) bond motifs is 1. The van der Waals surface area contributed by atoms with Gasteiger partial charge in [0.25, 0.3) is 0 Å². The SMILES string of the molecule is CNc1nc(=O)n(C)cc1C.Cc1nc(C)c2ncn(C)c2n1. The van der Waals surface area contributed by atoms with Gasteiger partial charge in [-0.15, -0.1) is 0 Å². The third-order valence-corrected chi connectivity index (χ3v) is 3.35. The Morgan fingerprint density at radius 2 is 1.74 bits per heavy atom. The van der Waals surface area contributed by atoms with Gasteiger partial charge in [0.15, 0.2) is 5.65 Å². The van der Waals surface area contributed by atoms with Gasteiger partial charge >= 0.3 is 5.69 Å².